The lowest BCUT2D eigenvalue weighted by molar-refractivity contribution is -0.131. The van der Waals surface area contributed by atoms with Crippen molar-refractivity contribution in [1.82, 2.24) is 0 Å². The van der Waals surface area contributed by atoms with Gasteiger partial charge in [0, 0.05) is 18.6 Å². The van der Waals surface area contributed by atoms with Crippen LogP contribution >= 0.6 is 0 Å². The van der Waals surface area contributed by atoms with Crippen LogP contribution in [0.3, 0.4) is 0 Å². The quantitative estimate of drug-likeness (QED) is 0.723. The van der Waals surface area contributed by atoms with Gasteiger partial charge in [0.1, 0.15) is 0 Å². The number of hydrogen-bond acceptors (Lipinski definition) is 2. The summed E-state index contributed by atoms with van der Waals surface area (Å²) in [6.07, 6.45) is 9.72. The first-order valence-electron chi connectivity index (χ1n) is 5.32. The van der Waals surface area contributed by atoms with Gasteiger partial charge in [-0.3, -0.25) is 0 Å². The molecule has 3 nitrogen and oxygen atoms in total. The molecule has 2 aliphatic rings. The van der Waals surface area contributed by atoms with E-state index in [9.17, 15) is 4.79 Å². The van der Waals surface area contributed by atoms with Crippen molar-refractivity contribution in [3.05, 3.63) is 23.8 Å². The Labute approximate surface area is 89.4 Å². The van der Waals surface area contributed by atoms with Gasteiger partial charge in [-0.15, -0.1) is 0 Å². The average molecular weight is 208 g/mol. The molecule has 3 heteroatoms. The molecule has 2 aliphatic carbocycles. The van der Waals surface area contributed by atoms with Crippen molar-refractivity contribution in [2.24, 2.45) is 5.41 Å². The third kappa shape index (κ3) is 1.61. The minimum Gasteiger partial charge on any atom is -0.478 e. The number of ether oxygens (including phenoxy) is 1. The summed E-state index contributed by atoms with van der Waals surface area (Å²) in [5, 5.41) is 8.48. The Morgan fingerprint density at radius 1 is 1.60 bits per heavy atom. The van der Waals surface area contributed by atoms with Crippen LogP contribution in [0, 0.1) is 5.41 Å². The van der Waals surface area contributed by atoms with Crippen LogP contribution in [0.1, 0.15) is 25.7 Å². The zero-order chi connectivity index (χ0) is 10.9. The molecule has 1 spiro atoms. The SMILES string of the molecule is COC1C/C(=C/C=C/C(=O)O)C12CCC2. The van der Waals surface area contributed by atoms with E-state index in [1.54, 1.807) is 13.2 Å². The van der Waals surface area contributed by atoms with E-state index in [1.807, 2.05) is 6.08 Å². The molecule has 0 aliphatic heterocycles. The van der Waals surface area contributed by atoms with Gasteiger partial charge in [0.2, 0.25) is 0 Å². The summed E-state index contributed by atoms with van der Waals surface area (Å²) in [4.78, 5) is 10.3. The molecule has 0 saturated heterocycles. The third-order valence-electron chi connectivity index (χ3n) is 3.73. The second-order valence-corrected chi connectivity index (χ2v) is 4.33. The number of methoxy groups -OCH3 is 1. The van der Waals surface area contributed by atoms with Crippen LogP contribution in [0.4, 0.5) is 0 Å². The topological polar surface area (TPSA) is 46.5 Å². The number of aliphatic carboxylic acids is 1. The first-order chi connectivity index (χ1) is 7.19. The molecular weight excluding hydrogens is 192 g/mol. The molecule has 0 aromatic carbocycles. The van der Waals surface area contributed by atoms with E-state index >= 15 is 0 Å². The van der Waals surface area contributed by atoms with Gasteiger partial charge in [0.25, 0.3) is 0 Å². The molecule has 0 aromatic heterocycles. The predicted molar refractivity (Wildman–Crippen MR) is 56.6 cm³/mol. The Balaban J connectivity index is 2.03. The van der Waals surface area contributed by atoms with Gasteiger partial charge < -0.3 is 9.84 Å². The highest BCUT2D eigenvalue weighted by Crippen LogP contribution is 2.60. The fourth-order valence-corrected chi connectivity index (χ4v) is 2.66. The Morgan fingerprint density at radius 2 is 2.33 bits per heavy atom. The molecule has 0 amide bonds. The van der Waals surface area contributed by atoms with E-state index in [2.05, 4.69) is 0 Å². The van der Waals surface area contributed by atoms with Crippen molar-refractivity contribution >= 4 is 5.97 Å². The highest BCUT2D eigenvalue weighted by molar-refractivity contribution is 5.80. The third-order valence-corrected chi connectivity index (χ3v) is 3.73. The largest absolute Gasteiger partial charge is 0.478 e. The molecule has 2 fully saturated rings. The lowest BCUT2D eigenvalue weighted by atomic mass is 9.51. The van der Waals surface area contributed by atoms with Crippen LogP contribution in [-0.2, 0) is 9.53 Å². The summed E-state index contributed by atoms with van der Waals surface area (Å²) < 4.78 is 5.42. The second-order valence-electron chi connectivity index (χ2n) is 4.33. The molecule has 15 heavy (non-hydrogen) atoms. The second kappa shape index (κ2) is 3.81. The maximum atomic E-state index is 10.3. The first-order valence-corrected chi connectivity index (χ1v) is 5.32. The van der Waals surface area contributed by atoms with Gasteiger partial charge in [-0.25, -0.2) is 4.79 Å². The fourth-order valence-electron chi connectivity index (χ4n) is 2.66. The normalized spacial score (nSPS) is 30.5. The lowest BCUT2D eigenvalue weighted by Crippen LogP contribution is -2.52. The Hall–Kier alpha value is -1.09. The summed E-state index contributed by atoms with van der Waals surface area (Å²) >= 11 is 0. The maximum Gasteiger partial charge on any atom is 0.328 e. The van der Waals surface area contributed by atoms with E-state index in [-0.39, 0.29) is 5.41 Å². The molecule has 2 rings (SSSR count). The number of hydrogen-bond donors (Lipinski definition) is 1. The highest BCUT2D eigenvalue weighted by Gasteiger charge is 2.54. The van der Waals surface area contributed by atoms with Crippen LogP contribution in [-0.4, -0.2) is 24.3 Å². The zero-order valence-electron chi connectivity index (χ0n) is 8.90. The monoisotopic (exact) mass is 208 g/mol. The average Bonchev–Trinajstić information content (AvgIpc) is 2.06. The summed E-state index contributed by atoms with van der Waals surface area (Å²) in [6, 6.07) is 0. The van der Waals surface area contributed by atoms with Crippen molar-refractivity contribution in [1.29, 1.82) is 0 Å². The Kier molecular flexibility index (Phi) is 2.65. The van der Waals surface area contributed by atoms with Gasteiger partial charge >= 0.3 is 5.97 Å². The molecule has 0 bridgehead atoms. The van der Waals surface area contributed by atoms with Crippen LogP contribution in [0.5, 0.6) is 0 Å². The molecule has 2 saturated carbocycles. The molecule has 1 unspecified atom stereocenters. The number of carboxylic acid groups (broad SMARTS) is 1. The molecular formula is C12H16O3. The van der Waals surface area contributed by atoms with Crippen LogP contribution in [0.25, 0.3) is 0 Å². The van der Waals surface area contributed by atoms with Crippen LogP contribution in [0.15, 0.2) is 23.8 Å². The molecule has 1 N–H and O–H groups in total. The van der Waals surface area contributed by atoms with Gasteiger partial charge in [-0.2, -0.15) is 0 Å². The fraction of sp³-hybridized carbons (Fsp3) is 0.583. The van der Waals surface area contributed by atoms with Crippen molar-refractivity contribution in [3.8, 4) is 0 Å². The van der Waals surface area contributed by atoms with E-state index in [4.69, 9.17) is 9.84 Å². The van der Waals surface area contributed by atoms with Crippen molar-refractivity contribution in [3.63, 3.8) is 0 Å². The van der Waals surface area contributed by atoms with E-state index < -0.39 is 5.97 Å². The first kappa shape index (κ1) is 10.4. The predicted octanol–water partition coefficient (Wildman–Crippen LogP) is 2.14. The van der Waals surface area contributed by atoms with Gasteiger partial charge in [-0.05, 0) is 19.3 Å². The Morgan fingerprint density at radius 3 is 2.80 bits per heavy atom. The van der Waals surface area contributed by atoms with E-state index in [1.165, 1.54) is 30.9 Å². The molecule has 0 heterocycles. The van der Waals surface area contributed by atoms with Crippen molar-refractivity contribution in [2.45, 2.75) is 31.8 Å². The minimum absolute atomic E-state index is 0.262. The van der Waals surface area contributed by atoms with Crippen molar-refractivity contribution in [2.75, 3.05) is 7.11 Å². The highest BCUT2D eigenvalue weighted by atomic mass is 16.5. The van der Waals surface area contributed by atoms with Crippen LogP contribution < -0.4 is 0 Å². The van der Waals surface area contributed by atoms with E-state index in [0.717, 1.165) is 6.42 Å². The van der Waals surface area contributed by atoms with Gasteiger partial charge in [-0.1, -0.05) is 24.1 Å². The smallest absolute Gasteiger partial charge is 0.328 e. The van der Waals surface area contributed by atoms with Gasteiger partial charge in [0.15, 0.2) is 0 Å². The van der Waals surface area contributed by atoms with Gasteiger partial charge in [0.05, 0.1) is 6.10 Å². The zero-order valence-corrected chi connectivity index (χ0v) is 8.90. The minimum atomic E-state index is -0.892. The number of carbonyl (C=O) groups is 1. The van der Waals surface area contributed by atoms with E-state index in [0.29, 0.717) is 6.10 Å². The summed E-state index contributed by atoms with van der Waals surface area (Å²) in [7, 11) is 1.76. The summed E-state index contributed by atoms with van der Waals surface area (Å²) in [6.45, 7) is 0. The number of allylic oxidation sites excluding steroid dienone is 2. The molecule has 1 atom stereocenters. The lowest BCUT2D eigenvalue weighted by Gasteiger charge is -2.57. The molecule has 0 aromatic rings. The summed E-state index contributed by atoms with van der Waals surface area (Å²) in [5.74, 6) is -0.892. The maximum absolute atomic E-state index is 10.3. The molecule has 0 radical (unpaired) electrons. The Bertz CT molecular complexity index is 324. The molecule has 82 valence electrons. The standard InChI is InChI=1S/C12H16O3/c1-15-10-8-9(4-2-5-11(13)14)12(10)6-3-7-12/h2,4-5,10H,3,6-8H2,1H3,(H,13,14)/b5-2+,9-4-. The van der Waals surface area contributed by atoms with Crippen LogP contribution in [0.2, 0.25) is 0 Å². The number of carboxylic acids is 1. The summed E-state index contributed by atoms with van der Waals surface area (Å²) in [5.41, 5.74) is 1.62. The number of rotatable bonds is 3. The van der Waals surface area contributed by atoms with Crippen molar-refractivity contribution < 1.29 is 14.6 Å².